The van der Waals surface area contributed by atoms with Gasteiger partial charge in [0.1, 0.15) is 17.4 Å². The van der Waals surface area contributed by atoms with Crippen molar-refractivity contribution >= 4 is 11.7 Å². The van der Waals surface area contributed by atoms with E-state index < -0.39 is 18.0 Å². The predicted molar refractivity (Wildman–Crippen MR) is 95.7 cm³/mol. The van der Waals surface area contributed by atoms with Crippen molar-refractivity contribution in [3.05, 3.63) is 53.5 Å². The number of methoxy groups -OCH3 is 1. The summed E-state index contributed by atoms with van der Waals surface area (Å²) in [6, 6.07) is 7.04. The molecule has 7 heteroatoms. The number of aliphatic hydroxyl groups is 1. The van der Waals surface area contributed by atoms with Gasteiger partial charge in [-0.15, -0.1) is 0 Å². The molecule has 2 aromatic rings. The summed E-state index contributed by atoms with van der Waals surface area (Å²) < 4.78 is 19.2. The van der Waals surface area contributed by atoms with Gasteiger partial charge in [-0.05, 0) is 49.1 Å². The maximum Gasteiger partial charge on any atom is 0.251 e. The Kier molecular flexibility index (Phi) is 5.37. The number of anilines is 1. The van der Waals surface area contributed by atoms with E-state index in [2.05, 4.69) is 15.6 Å². The monoisotopic (exact) mass is 359 g/mol. The zero-order valence-corrected chi connectivity index (χ0v) is 14.7. The average Bonchev–Trinajstić information content (AvgIpc) is 2.63. The van der Waals surface area contributed by atoms with Gasteiger partial charge in [-0.2, -0.15) is 0 Å². The number of nitrogens with zero attached hydrogens (tertiary/aromatic N) is 1. The minimum Gasteiger partial charge on any atom is -0.496 e. The van der Waals surface area contributed by atoms with E-state index in [9.17, 15) is 14.3 Å². The van der Waals surface area contributed by atoms with Crippen molar-refractivity contribution in [1.82, 2.24) is 10.3 Å². The number of amides is 1. The second-order valence-electron chi connectivity index (χ2n) is 6.40. The number of carbonyl (C=O) groups is 1. The van der Waals surface area contributed by atoms with E-state index in [4.69, 9.17) is 4.74 Å². The molecule has 1 amide bonds. The van der Waals surface area contributed by atoms with Crippen LogP contribution in [0.15, 0.2) is 36.5 Å². The lowest BCUT2D eigenvalue weighted by Crippen LogP contribution is -2.41. The van der Waals surface area contributed by atoms with E-state index in [-0.39, 0.29) is 11.8 Å². The molecule has 0 saturated heterocycles. The van der Waals surface area contributed by atoms with Gasteiger partial charge in [0.2, 0.25) is 0 Å². The molecule has 1 atom stereocenters. The molecule has 3 N–H and O–H groups in total. The van der Waals surface area contributed by atoms with Crippen LogP contribution < -0.4 is 15.4 Å². The molecular weight excluding hydrogens is 337 g/mol. The number of hydrogen-bond acceptors (Lipinski definition) is 5. The number of carbonyl (C=O) groups excluding carboxylic acids is 1. The third-order valence-electron chi connectivity index (χ3n) is 4.71. The maximum absolute atomic E-state index is 13.8. The lowest BCUT2D eigenvalue weighted by Gasteiger charge is -2.38. The molecule has 1 aromatic carbocycles. The van der Waals surface area contributed by atoms with E-state index in [1.165, 1.54) is 19.2 Å². The summed E-state index contributed by atoms with van der Waals surface area (Å²) in [4.78, 5) is 16.8. The normalized spacial score (nSPS) is 20.0. The number of aromatic nitrogens is 1. The standard InChI is InChI=1S/C19H22FN3O3/c1-21-17-9-11(5-6-22-17)19(25)23-18(12-7-14(24)8-12)15-10-13(20)3-4-16(15)26-2/h3-6,9-10,12,14,18,24H,7-8H2,1-2H3,(H,21,22)(H,23,25). The quantitative estimate of drug-likeness (QED) is 0.738. The topological polar surface area (TPSA) is 83.5 Å². The third kappa shape index (κ3) is 3.77. The Bertz CT molecular complexity index is 793. The highest BCUT2D eigenvalue weighted by atomic mass is 19.1. The summed E-state index contributed by atoms with van der Waals surface area (Å²) in [5.74, 6) is 0.401. The Labute approximate surface area is 151 Å². The van der Waals surface area contributed by atoms with Gasteiger partial charge in [0.25, 0.3) is 5.91 Å². The molecule has 0 bridgehead atoms. The Balaban J connectivity index is 1.90. The van der Waals surface area contributed by atoms with Crippen molar-refractivity contribution in [3.8, 4) is 5.75 Å². The van der Waals surface area contributed by atoms with Crippen LogP contribution in [0.5, 0.6) is 5.75 Å². The fourth-order valence-electron chi connectivity index (χ4n) is 3.23. The minimum atomic E-state index is -0.456. The number of halogens is 1. The number of nitrogens with one attached hydrogen (secondary N) is 2. The van der Waals surface area contributed by atoms with Crippen LogP contribution >= 0.6 is 0 Å². The summed E-state index contributed by atoms with van der Waals surface area (Å²) in [7, 11) is 3.23. The molecule has 1 aliphatic rings. The minimum absolute atomic E-state index is 0.00950. The number of aliphatic hydroxyl groups excluding tert-OH is 1. The van der Waals surface area contributed by atoms with Crippen LogP contribution in [0.2, 0.25) is 0 Å². The number of ether oxygens (including phenoxy) is 1. The zero-order valence-electron chi connectivity index (χ0n) is 14.7. The van der Waals surface area contributed by atoms with Crippen LogP contribution in [0, 0.1) is 11.7 Å². The highest BCUT2D eigenvalue weighted by Crippen LogP contribution is 2.41. The van der Waals surface area contributed by atoms with E-state index >= 15 is 0 Å². The molecule has 0 aliphatic heterocycles. The molecule has 138 valence electrons. The number of rotatable bonds is 6. The molecule has 0 radical (unpaired) electrons. The molecule has 0 spiro atoms. The fraction of sp³-hybridized carbons (Fsp3) is 0.368. The fourth-order valence-corrected chi connectivity index (χ4v) is 3.23. The van der Waals surface area contributed by atoms with Crippen LogP contribution in [0.4, 0.5) is 10.2 Å². The third-order valence-corrected chi connectivity index (χ3v) is 4.71. The molecule has 1 aliphatic carbocycles. The van der Waals surface area contributed by atoms with Gasteiger partial charge < -0.3 is 20.5 Å². The molecule has 1 unspecified atom stereocenters. The van der Waals surface area contributed by atoms with Gasteiger partial charge in [0, 0.05) is 24.4 Å². The lowest BCUT2D eigenvalue weighted by molar-refractivity contribution is 0.0231. The van der Waals surface area contributed by atoms with E-state index in [0.29, 0.717) is 35.5 Å². The van der Waals surface area contributed by atoms with Gasteiger partial charge in [-0.25, -0.2) is 9.37 Å². The van der Waals surface area contributed by atoms with Crippen molar-refractivity contribution in [2.45, 2.75) is 25.0 Å². The highest BCUT2D eigenvalue weighted by Gasteiger charge is 2.37. The first-order valence-corrected chi connectivity index (χ1v) is 8.48. The molecule has 1 aromatic heterocycles. The van der Waals surface area contributed by atoms with Crippen molar-refractivity contribution in [1.29, 1.82) is 0 Å². The van der Waals surface area contributed by atoms with Crippen molar-refractivity contribution in [2.75, 3.05) is 19.5 Å². The Morgan fingerprint density at radius 3 is 2.77 bits per heavy atom. The van der Waals surface area contributed by atoms with Crippen LogP contribution in [0.3, 0.4) is 0 Å². The largest absolute Gasteiger partial charge is 0.496 e. The van der Waals surface area contributed by atoms with Crippen LogP contribution in [0.1, 0.15) is 34.8 Å². The van der Waals surface area contributed by atoms with E-state index in [1.807, 2.05) is 0 Å². The van der Waals surface area contributed by atoms with Crippen molar-refractivity contribution in [2.24, 2.45) is 5.92 Å². The number of benzene rings is 1. The molecule has 3 rings (SSSR count). The van der Waals surface area contributed by atoms with Crippen LogP contribution in [-0.2, 0) is 0 Å². The second-order valence-corrected chi connectivity index (χ2v) is 6.40. The van der Waals surface area contributed by atoms with E-state index in [1.54, 1.807) is 31.4 Å². The van der Waals surface area contributed by atoms with Crippen LogP contribution in [0.25, 0.3) is 0 Å². The summed E-state index contributed by atoms with van der Waals surface area (Å²) in [6.45, 7) is 0. The number of pyridine rings is 1. The molecule has 1 saturated carbocycles. The summed E-state index contributed by atoms with van der Waals surface area (Å²) in [5.41, 5.74) is 1.02. The molecular formula is C19H22FN3O3. The van der Waals surface area contributed by atoms with Gasteiger partial charge in [-0.1, -0.05) is 0 Å². The van der Waals surface area contributed by atoms with Crippen molar-refractivity contribution in [3.63, 3.8) is 0 Å². The highest BCUT2D eigenvalue weighted by molar-refractivity contribution is 5.95. The van der Waals surface area contributed by atoms with Gasteiger partial charge in [0.05, 0.1) is 19.3 Å². The van der Waals surface area contributed by atoms with Gasteiger partial charge >= 0.3 is 0 Å². The smallest absolute Gasteiger partial charge is 0.251 e. The molecule has 1 heterocycles. The Hall–Kier alpha value is -2.67. The zero-order chi connectivity index (χ0) is 18.7. The number of hydrogen-bond donors (Lipinski definition) is 3. The first-order chi connectivity index (χ1) is 12.5. The first kappa shape index (κ1) is 18.1. The predicted octanol–water partition coefficient (Wildman–Crippen LogP) is 2.51. The molecule has 6 nitrogen and oxygen atoms in total. The first-order valence-electron chi connectivity index (χ1n) is 8.48. The Morgan fingerprint density at radius 2 is 2.12 bits per heavy atom. The van der Waals surface area contributed by atoms with Crippen molar-refractivity contribution < 1.29 is 19.0 Å². The lowest BCUT2D eigenvalue weighted by atomic mass is 9.74. The average molecular weight is 359 g/mol. The SMILES string of the molecule is CNc1cc(C(=O)NC(c2cc(F)ccc2OC)C2CC(O)C2)ccn1. The molecule has 26 heavy (non-hydrogen) atoms. The van der Waals surface area contributed by atoms with Crippen LogP contribution in [-0.4, -0.2) is 36.3 Å². The van der Waals surface area contributed by atoms with Gasteiger partial charge in [0.15, 0.2) is 0 Å². The maximum atomic E-state index is 13.8. The summed E-state index contributed by atoms with van der Waals surface area (Å²) in [5, 5.41) is 15.5. The second kappa shape index (κ2) is 7.70. The summed E-state index contributed by atoms with van der Waals surface area (Å²) >= 11 is 0. The molecule has 1 fully saturated rings. The summed E-state index contributed by atoms with van der Waals surface area (Å²) in [6.07, 6.45) is 2.24. The Morgan fingerprint density at radius 1 is 1.35 bits per heavy atom. The van der Waals surface area contributed by atoms with Gasteiger partial charge in [-0.3, -0.25) is 4.79 Å². The van der Waals surface area contributed by atoms with E-state index in [0.717, 1.165) is 0 Å².